The number of nitrogens with zero attached hydrogens (tertiary/aromatic N) is 1. The maximum Gasteiger partial charge on any atom is 0.150 e. The molecule has 0 aliphatic rings. The first-order valence-corrected chi connectivity index (χ1v) is 6.76. The molecule has 0 bridgehead atoms. The second-order valence-corrected chi connectivity index (χ2v) is 4.45. The third kappa shape index (κ3) is 5.71. The van der Waals surface area contributed by atoms with Gasteiger partial charge in [-0.3, -0.25) is 4.79 Å². The van der Waals surface area contributed by atoms with Crippen LogP contribution in [-0.2, 0) is 11.2 Å². The van der Waals surface area contributed by atoms with Crippen molar-refractivity contribution in [3.05, 3.63) is 47.7 Å². The smallest absolute Gasteiger partial charge is 0.150 e. The van der Waals surface area contributed by atoms with Crippen molar-refractivity contribution in [2.24, 2.45) is 0 Å². The molecule has 0 N–H and O–H groups in total. The molecular formula is C16H23NO2. The number of benzene rings is 1. The fraction of sp³-hybridized carbons (Fsp3) is 0.438. The molecule has 19 heavy (non-hydrogen) atoms. The van der Waals surface area contributed by atoms with Crippen molar-refractivity contribution in [3.63, 3.8) is 0 Å². The number of allylic oxidation sites excluding steroid dienone is 1. The van der Waals surface area contributed by atoms with Crippen molar-refractivity contribution in [3.8, 4) is 0 Å². The zero-order valence-corrected chi connectivity index (χ0v) is 11.9. The van der Waals surface area contributed by atoms with Gasteiger partial charge < -0.3 is 9.64 Å². The number of rotatable bonds is 9. The Morgan fingerprint density at radius 3 is 2.74 bits per heavy atom. The Kier molecular flexibility index (Phi) is 6.90. The van der Waals surface area contributed by atoms with Crippen molar-refractivity contribution in [1.29, 1.82) is 0 Å². The largest absolute Gasteiger partial charge is 0.497 e. The van der Waals surface area contributed by atoms with Gasteiger partial charge >= 0.3 is 0 Å². The number of ether oxygens (including phenoxy) is 1. The van der Waals surface area contributed by atoms with Crippen LogP contribution in [0.1, 0.15) is 29.8 Å². The Hall–Kier alpha value is -1.61. The summed E-state index contributed by atoms with van der Waals surface area (Å²) in [6.07, 6.45) is 1.51. The number of likely N-dealkylation sites (N-methyl/N-ethyl adjacent to an activating group) is 1. The van der Waals surface area contributed by atoms with Crippen LogP contribution in [0.15, 0.2) is 36.6 Å². The molecule has 1 aromatic rings. The van der Waals surface area contributed by atoms with Crippen LogP contribution < -0.4 is 0 Å². The van der Waals surface area contributed by atoms with Gasteiger partial charge in [-0.15, -0.1) is 0 Å². The van der Waals surface area contributed by atoms with E-state index in [4.69, 9.17) is 4.74 Å². The van der Waals surface area contributed by atoms with Gasteiger partial charge in [-0.2, -0.15) is 0 Å². The van der Waals surface area contributed by atoms with Gasteiger partial charge in [-0.05, 0) is 24.7 Å². The highest BCUT2D eigenvalue weighted by molar-refractivity contribution is 5.74. The van der Waals surface area contributed by atoms with Gasteiger partial charge in [0.05, 0.1) is 5.76 Å². The van der Waals surface area contributed by atoms with Crippen LogP contribution in [0, 0.1) is 0 Å². The van der Waals surface area contributed by atoms with Gasteiger partial charge in [0.1, 0.15) is 12.9 Å². The lowest BCUT2D eigenvalue weighted by molar-refractivity contribution is 0.112. The fourth-order valence-electron chi connectivity index (χ4n) is 1.91. The summed E-state index contributed by atoms with van der Waals surface area (Å²) in [7, 11) is 0. The summed E-state index contributed by atoms with van der Waals surface area (Å²) < 4.78 is 5.63. The van der Waals surface area contributed by atoms with E-state index in [2.05, 4.69) is 25.3 Å². The lowest BCUT2D eigenvalue weighted by atomic mass is 10.1. The Bertz CT molecular complexity index is 411. The van der Waals surface area contributed by atoms with Crippen LogP contribution in [-0.4, -0.2) is 37.4 Å². The molecule has 0 amide bonds. The van der Waals surface area contributed by atoms with Crippen LogP contribution in [0.2, 0.25) is 0 Å². The maximum atomic E-state index is 10.7. The molecule has 0 aliphatic carbocycles. The second kappa shape index (κ2) is 8.48. The van der Waals surface area contributed by atoms with Gasteiger partial charge in [0.15, 0.2) is 0 Å². The maximum absolute atomic E-state index is 10.7. The number of hydrogen-bond donors (Lipinski definition) is 0. The van der Waals surface area contributed by atoms with Gasteiger partial charge in [0, 0.05) is 18.5 Å². The van der Waals surface area contributed by atoms with E-state index >= 15 is 0 Å². The Balaban J connectivity index is 2.36. The van der Waals surface area contributed by atoms with Crippen LogP contribution in [0.3, 0.4) is 0 Å². The Labute approximate surface area is 115 Å². The SMILES string of the molecule is C=C(Cc1cccc(C=O)c1)OCCN(CC)CC. The minimum absolute atomic E-state index is 0.653. The fourth-order valence-corrected chi connectivity index (χ4v) is 1.91. The number of hydrogen-bond acceptors (Lipinski definition) is 3. The minimum Gasteiger partial charge on any atom is -0.497 e. The first kappa shape index (κ1) is 15.4. The molecule has 3 nitrogen and oxygen atoms in total. The summed E-state index contributed by atoms with van der Waals surface area (Å²) in [6, 6.07) is 7.51. The van der Waals surface area contributed by atoms with Crippen LogP contribution in [0.5, 0.6) is 0 Å². The lowest BCUT2D eigenvalue weighted by Gasteiger charge is -2.18. The normalized spacial score (nSPS) is 10.5. The van der Waals surface area contributed by atoms with E-state index in [1.807, 2.05) is 18.2 Å². The summed E-state index contributed by atoms with van der Waals surface area (Å²) in [4.78, 5) is 13.0. The van der Waals surface area contributed by atoms with Crippen LogP contribution in [0.25, 0.3) is 0 Å². The van der Waals surface area contributed by atoms with E-state index in [1.54, 1.807) is 6.07 Å². The first-order chi connectivity index (χ1) is 9.19. The average Bonchev–Trinajstić information content (AvgIpc) is 2.44. The average molecular weight is 261 g/mol. The second-order valence-electron chi connectivity index (χ2n) is 4.45. The molecule has 0 atom stereocenters. The van der Waals surface area contributed by atoms with Crippen LogP contribution in [0.4, 0.5) is 0 Å². The van der Waals surface area contributed by atoms with E-state index in [-0.39, 0.29) is 0 Å². The molecule has 1 aromatic carbocycles. The molecule has 0 unspecified atom stereocenters. The summed E-state index contributed by atoms with van der Waals surface area (Å²) in [6.45, 7) is 11.9. The summed E-state index contributed by atoms with van der Waals surface area (Å²) in [5, 5.41) is 0. The highest BCUT2D eigenvalue weighted by Gasteiger charge is 2.02. The Morgan fingerprint density at radius 1 is 1.37 bits per heavy atom. The number of carbonyl (C=O) groups excluding carboxylic acids is 1. The van der Waals surface area contributed by atoms with Crippen molar-refractivity contribution >= 4 is 6.29 Å². The zero-order valence-electron chi connectivity index (χ0n) is 11.9. The summed E-state index contributed by atoms with van der Waals surface area (Å²) >= 11 is 0. The molecule has 0 aliphatic heterocycles. The van der Waals surface area contributed by atoms with Crippen LogP contribution >= 0.6 is 0 Å². The van der Waals surface area contributed by atoms with E-state index < -0.39 is 0 Å². The van der Waals surface area contributed by atoms with Gasteiger partial charge in [0.2, 0.25) is 0 Å². The summed E-state index contributed by atoms with van der Waals surface area (Å²) in [5.74, 6) is 0.746. The van der Waals surface area contributed by atoms with E-state index in [0.717, 1.165) is 37.2 Å². The van der Waals surface area contributed by atoms with E-state index in [0.29, 0.717) is 18.6 Å². The minimum atomic E-state index is 0.653. The monoisotopic (exact) mass is 261 g/mol. The van der Waals surface area contributed by atoms with E-state index in [1.165, 1.54) is 0 Å². The standard InChI is InChI=1S/C16H23NO2/c1-4-17(5-2)9-10-19-14(3)11-15-7-6-8-16(12-15)13-18/h6-8,12-13H,3-5,9-11H2,1-2H3. The Morgan fingerprint density at radius 2 is 2.11 bits per heavy atom. The molecule has 0 radical (unpaired) electrons. The van der Waals surface area contributed by atoms with Gasteiger partial charge in [0.25, 0.3) is 0 Å². The van der Waals surface area contributed by atoms with E-state index in [9.17, 15) is 4.79 Å². The van der Waals surface area contributed by atoms with Crippen molar-refractivity contribution < 1.29 is 9.53 Å². The summed E-state index contributed by atoms with van der Waals surface area (Å²) in [5.41, 5.74) is 1.74. The topological polar surface area (TPSA) is 29.5 Å². The van der Waals surface area contributed by atoms with Gasteiger partial charge in [-0.25, -0.2) is 0 Å². The third-order valence-electron chi connectivity index (χ3n) is 3.10. The predicted molar refractivity (Wildman–Crippen MR) is 78.4 cm³/mol. The quantitative estimate of drug-likeness (QED) is 0.505. The molecule has 0 aromatic heterocycles. The molecule has 104 valence electrons. The molecule has 3 heteroatoms. The first-order valence-electron chi connectivity index (χ1n) is 6.76. The van der Waals surface area contributed by atoms with Crippen molar-refractivity contribution in [2.45, 2.75) is 20.3 Å². The molecule has 0 spiro atoms. The number of carbonyl (C=O) groups is 1. The highest BCUT2D eigenvalue weighted by Crippen LogP contribution is 2.09. The lowest BCUT2D eigenvalue weighted by Crippen LogP contribution is -2.27. The molecule has 0 heterocycles. The highest BCUT2D eigenvalue weighted by atomic mass is 16.5. The number of aldehydes is 1. The zero-order chi connectivity index (χ0) is 14.1. The van der Waals surface area contributed by atoms with Gasteiger partial charge in [-0.1, -0.05) is 38.6 Å². The van der Waals surface area contributed by atoms with Crippen molar-refractivity contribution in [2.75, 3.05) is 26.2 Å². The predicted octanol–water partition coefficient (Wildman–Crippen LogP) is 2.91. The van der Waals surface area contributed by atoms with Crippen molar-refractivity contribution in [1.82, 2.24) is 4.90 Å². The molecule has 1 rings (SSSR count). The molecule has 0 saturated carbocycles. The third-order valence-corrected chi connectivity index (χ3v) is 3.10. The molecular weight excluding hydrogens is 238 g/mol. The molecule has 0 fully saturated rings. The molecule has 0 saturated heterocycles.